The summed E-state index contributed by atoms with van der Waals surface area (Å²) in [5.74, 6) is -3.93. The van der Waals surface area contributed by atoms with E-state index in [1.807, 2.05) is 0 Å². The summed E-state index contributed by atoms with van der Waals surface area (Å²) in [7, 11) is -4.30. The first-order chi connectivity index (χ1) is 10.2. The predicted molar refractivity (Wildman–Crippen MR) is 69.9 cm³/mol. The van der Waals surface area contributed by atoms with Crippen molar-refractivity contribution in [2.24, 2.45) is 5.92 Å². The van der Waals surface area contributed by atoms with E-state index in [1.54, 1.807) is 0 Å². The third kappa shape index (κ3) is 3.89. The molecule has 6 nitrogen and oxygen atoms in total. The van der Waals surface area contributed by atoms with Gasteiger partial charge in [-0.3, -0.25) is 9.35 Å². The molecule has 1 aromatic rings. The van der Waals surface area contributed by atoms with Crippen LogP contribution in [0.15, 0.2) is 18.2 Å². The average molecular weight is 339 g/mol. The molecule has 0 aliphatic carbocycles. The Kier molecular flexibility index (Phi) is 4.61. The van der Waals surface area contributed by atoms with Crippen LogP contribution in [0.3, 0.4) is 0 Å². The van der Waals surface area contributed by atoms with Gasteiger partial charge in [0.1, 0.15) is 0 Å². The number of carbonyl (C=O) groups is 1. The second-order valence-electron chi connectivity index (χ2n) is 4.72. The van der Waals surface area contributed by atoms with E-state index in [2.05, 4.69) is 4.74 Å². The molecule has 0 spiro atoms. The number of anilines is 1. The molecule has 1 aromatic carbocycles. The van der Waals surface area contributed by atoms with Gasteiger partial charge in [-0.05, 0) is 18.6 Å². The zero-order valence-corrected chi connectivity index (χ0v) is 11.9. The minimum absolute atomic E-state index is 0.0990. The third-order valence-electron chi connectivity index (χ3n) is 3.17. The Bertz CT molecular complexity index is 679. The topological polar surface area (TPSA) is 83.9 Å². The van der Waals surface area contributed by atoms with Crippen LogP contribution in [0.5, 0.6) is 5.75 Å². The Hall–Kier alpha value is -1.81. The van der Waals surface area contributed by atoms with Crippen LogP contribution < -0.4 is 9.64 Å². The number of hydrogen-bond acceptors (Lipinski definition) is 4. The normalized spacial score (nSPS) is 19.0. The molecule has 1 heterocycles. The predicted octanol–water partition coefficient (Wildman–Crippen LogP) is 1.67. The van der Waals surface area contributed by atoms with Gasteiger partial charge >= 0.3 is 6.61 Å². The van der Waals surface area contributed by atoms with Gasteiger partial charge in [-0.25, -0.2) is 4.39 Å². The Labute approximate surface area is 124 Å². The summed E-state index contributed by atoms with van der Waals surface area (Å²) in [5.41, 5.74) is 0.0990. The molecule has 1 aliphatic heterocycles. The molecule has 1 unspecified atom stereocenters. The Morgan fingerprint density at radius 1 is 1.41 bits per heavy atom. The minimum Gasteiger partial charge on any atom is -0.432 e. The molecule has 0 radical (unpaired) electrons. The van der Waals surface area contributed by atoms with Crippen molar-refractivity contribution in [3.05, 3.63) is 24.0 Å². The highest BCUT2D eigenvalue weighted by Crippen LogP contribution is 2.30. The third-order valence-corrected chi connectivity index (χ3v) is 4.00. The molecule has 10 heteroatoms. The van der Waals surface area contributed by atoms with Crippen LogP contribution in [0.2, 0.25) is 0 Å². The van der Waals surface area contributed by atoms with E-state index in [-0.39, 0.29) is 18.7 Å². The molecule has 0 bridgehead atoms. The summed E-state index contributed by atoms with van der Waals surface area (Å²) < 4.78 is 72.1. The summed E-state index contributed by atoms with van der Waals surface area (Å²) >= 11 is 0. The SMILES string of the molecule is O=C1C(CS(=O)(=O)O)CCN1c1ccc(OC(F)F)c(F)c1. The first-order valence-corrected chi connectivity index (χ1v) is 7.79. The lowest BCUT2D eigenvalue weighted by Gasteiger charge is -2.17. The molecule has 1 atom stereocenters. The number of benzene rings is 1. The number of rotatable bonds is 5. The Morgan fingerprint density at radius 3 is 2.64 bits per heavy atom. The van der Waals surface area contributed by atoms with E-state index in [1.165, 1.54) is 6.07 Å². The number of ether oxygens (including phenoxy) is 1. The number of halogens is 3. The fourth-order valence-electron chi connectivity index (χ4n) is 2.25. The fourth-order valence-corrected chi connectivity index (χ4v) is 3.07. The number of carbonyl (C=O) groups excluding carboxylic acids is 1. The molecular formula is C12H12F3NO5S. The summed E-state index contributed by atoms with van der Waals surface area (Å²) in [5, 5.41) is 0. The second-order valence-corrected chi connectivity index (χ2v) is 6.21. The minimum atomic E-state index is -4.30. The molecule has 2 rings (SSSR count). The zero-order chi connectivity index (χ0) is 16.5. The van der Waals surface area contributed by atoms with Crippen molar-refractivity contribution in [2.45, 2.75) is 13.0 Å². The number of alkyl halides is 2. The van der Waals surface area contributed by atoms with Gasteiger partial charge in [-0.15, -0.1) is 0 Å². The molecule has 0 aromatic heterocycles. The molecule has 1 fully saturated rings. The van der Waals surface area contributed by atoms with Crippen LogP contribution in [0, 0.1) is 11.7 Å². The molecule has 1 aliphatic rings. The average Bonchev–Trinajstić information content (AvgIpc) is 2.71. The molecule has 1 amide bonds. The molecule has 0 saturated carbocycles. The summed E-state index contributed by atoms with van der Waals surface area (Å²) in [4.78, 5) is 13.2. The summed E-state index contributed by atoms with van der Waals surface area (Å²) in [6, 6.07) is 3.03. The van der Waals surface area contributed by atoms with Gasteiger partial charge < -0.3 is 9.64 Å². The maximum Gasteiger partial charge on any atom is 0.387 e. The van der Waals surface area contributed by atoms with E-state index >= 15 is 0 Å². The van der Waals surface area contributed by atoms with Crippen molar-refractivity contribution in [2.75, 3.05) is 17.2 Å². The van der Waals surface area contributed by atoms with Crippen molar-refractivity contribution < 1.29 is 35.7 Å². The zero-order valence-electron chi connectivity index (χ0n) is 11.1. The lowest BCUT2D eigenvalue weighted by molar-refractivity contribution is -0.119. The Balaban J connectivity index is 2.16. The number of amides is 1. The van der Waals surface area contributed by atoms with Crippen LogP contribution in [-0.2, 0) is 14.9 Å². The van der Waals surface area contributed by atoms with Crippen molar-refractivity contribution >= 4 is 21.7 Å². The van der Waals surface area contributed by atoms with Crippen molar-refractivity contribution in [1.82, 2.24) is 0 Å². The van der Waals surface area contributed by atoms with E-state index in [0.717, 1.165) is 17.0 Å². The second kappa shape index (κ2) is 6.13. The van der Waals surface area contributed by atoms with Crippen LogP contribution in [0.25, 0.3) is 0 Å². The number of hydrogen-bond donors (Lipinski definition) is 1. The highest BCUT2D eigenvalue weighted by molar-refractivity contribution is 7.85. The molecule has 1 saturated heterocycles. The van der Waals surface area contributed by atoms with Crippen LogP contribution in [0.1, 0.15) is 6.42 Å². The molecule has 122 valence electrons. The quantitative estimate of drug-likeness (QED) is 0.825. The van der Waals surface area contributed by atoms with E-state index in [4.69, 9.17) is 4.55 Å². The first kappa shape index (κ1) is 16.6. The summed E-state index contributed by atoms with van der Waals surface area (Å²) in [6.45, 7) is -3.04. The highest BCUT2D eigenvalue weighted by Gasteiger charge is 2.35. The van der Waals surface area contributed by atoms with Crippen LogP contribution in [-0.4, -0.2) is 37.8 Å². The van der Waals surface area contributed by atoms with Gasteiger partial charge in [0, 0.05) is 18.3 Å². The van der Waals surface area contributed by atoms with E-state index < -0.39 is 45.9 Å². The summed E-state index contributed by atoms with van der Waals surface area (Å²) in [6.07, 6.45) is 0.176. The fraction of sp³-hybridized carbons (Fsp3) is 0.417. The largest absolute Gasteiger partial charge is 0.432 e. The highest BCUT2D eigenvalue weighted by atomic mass is 32.2. The lowest BCUT2D eigenvalue weighted by atomic mass is 10.1. The van der Waals surface area contributed by atoms with Gasteiger partial charge in [-0.1, -0.05) is 0 Å². The molecule has 22 heavy (non-hydrogen) atoms. The van der Waals surface area contributed by atoms with Gasteiger partial charge in [-0.2, -0.15) is 17.2 Å². The van der Waals surface area contributed by atoms with Crippen LogP contribution in [0.4, 0.5) is 18.9 Å². The standard InChI is InChI=1S/C12H12F3NO5S/c13-9-5-8(1-2-10(9)21-12(14)15)16-4-3-7(11(16)17)6-22(18,19)20/h1-2,5,7,12H,3-4,6H2,(H,18,19,20). The monoisotopic (exact) mass is 339 g/mol. The van der Waals surface area contributed by atoms with Crippen molar-refractivity contribution in [3.63, 3.8) is 0 Å². The lowest BCUT2D eigenvalue weighted by Crippen LogP contribution is -2.29. The Morgan fingerprint density at radius 2 is 2.09 bits per heavy atom. The van der Waals surface area contributed by atoms with Crippen LogP contribution >= 0.6 is 0 Å². The number of nitrogens with zero attached hydrogens (tertiary/aromatic N) is 1. The van der Waals surface area contributed by atoms with Crippen molar-refractivity contribution in [3.8, 4) is 5.75 Å². The van der Waals surface area contributed by atoms with Gasteiger partial charge in [0.05, 0.1) is 11.7 Å². The maximum atomic E-state index is 13.6. The molecule has 1 N–H and O–H groups in total. The molecular weight excluding hydrogens is 327 g/mol. The van der Waals surface area contributed by atoms with E-state index in [9.17, 15) is 26.4 Å². The van der Waals surface area contributed by atoms with Gasteiger partial charge in [0.15, 0.2) is 11.6 Å². The van der Waals surface area contributed by atoms with Gasteiger partial charge in [0.25, 0.3) is 10.1 Å². The van der Waals surface area contributed by atoms with Crippen molar-refractivity contribution in [1.29, 1.82) is 0 Å². The first-order valence-electron chi connectivity index (χ1n) is 6.18. The smallest absolute Gasteiger partial charge is 0.387 e. The van der Waals surface area contributed by atoms with E-state index in [0.29, 0.717) is 0 Å². The van der Waals surface area contributed by atoms with Gasteiger partial charge in [0.2, 0.25) is 5.91 Å². The maximum absolute atomic E-state index is 13.6.